The van der Waals surface area contributed by atoms with Crippen LogP contribution in [-0.4, -0.2) is 46.6 Å². The summed E-state index contributed by atoms with van der Waals surface area (Å²) in [5.74, 6) is -1.35. The zero-order valence-electron chi connectivity index (χ0n) is 10.8. The van der Waals surface area contributed by atoms with E-state index >= 15 is 0 Å². The number of aliphatic hydroxyl groups is 2. The predicted octanol–water partition coefficient (Wildman–Crippen LogP) is 0.290. The van der Waals surface area contributed by atoms with E-state index in [2.05, 4.69) is 0 Å². The molecule has 2 fully saturated rings. The van der Waals surface area contributed by atoms with Crippen LogP contribution in [0.5, 0.6) is 0 Å². The van der Waals surface area contributed by atoms with Gasteiger partial charge in [0.05, 0.1) is 12.2 Å². The van der Waals surface area contributed by atoms with Crippen molar-refractivity contribution < 1.29 is 29.3 Å². The van der Waals surface area contributed by atoms with Crippen molar-refractivity contribution in [3.05, 3.63) is 0 Å². The maximum atomic E-state index is 11.5. The molecule has 2 rings (SSSR count). The van der Waals surface area contributed by atoms with Gasteiger partial charge in [-0.3, -0.25) is 9.59 Å². The molecule has 0 aromatic heterocycles. The predicted molar refractivity (Wildman–Crippen MR) is 64.1 cm³/mol. The zero-order chi connectivity index (χ0) is 13.8. The summed E-state index contributed by atoms with van der Waals surface area (Å²) < 4.78 is 10.1. The molecule has 0 aliphatic heterocycles. The summed E-state index contributed by atoms with van der Waals surface area (Å²) in [6.45, 7) is 0. The molecule has 0 spiro atoms. The summed E-state index contributed by atoms with van der Waals surface area (Å²) in [5.41, 5.74) is 0. The lowest BCUT2D eigenvalue weighted by Gasteiger charge is -2.17. The first-order valence-corrected chi connectivity index (χ1v) is 6.81. The highest BCUT2D eigenvalue weighted by Gasteiger charge is 2.31. The molecule has 108 valence electrons. The van der Waals surface area contributed by atoms with E-state index < -0.39 is 42.8 Å². The molecule has 0 radical (unpaired) electrons. The molecule has 2 N–H and O–H groups in total. The van der Waals surface area contributed by atoms with Crippen LogP contribution >= 0.6 is 0 Å². The number of ether oxygens (including phenoxy) is 2. The van der Waals surface area contributed by atoms with E-state index in [9.17, 15) is 19.8 Å². The Hall–Kier alpha value is -1.14. The molecule has 19 heavy (non-hydrogen) atoms. The van der Waals surface area contributed by atoms with Crippen LogP contribution < -0.4 is 0 Å². The molecule has 6 heteroatoms. The van der Waals surface area contributed by atoms with Crippen molar-refractivity contribution in [3.8, 4) is 0 Å². The lowest BCUT2D eigenvalue weighted by atomic mass is 10.2. The van der Waals surface area contributed by atoms with Gasteiger partial charge in [0, 0.05) is 0 Å². The minimum absolute atomic E-state index is 0.466. The Morgan fingerprint density at radius 2 is 1.26 bits per heavy atom. The lowest BCUT2D eigenvalue weighted by molar-refractivity contribution is -0.164. The number of hydrogen-bond acceptors (Lipinski definition) is 6. The van der Waals surface area contributed by atoms with Crippen molar-refractivity contribution in [1.82, 2.24) is 0 Å². The normalized spacial score (nSPS) is 34.2. The van der Waals surface area contributed by atoms with E-state index in [1.807, 2.05) is 0 Å². The van der Waals surface area contributed by atoms with Crippen molar-refractivity contribution in [3.63, 3.8) is 0 Å². The first-order chi connectivity index (χ1) is 9.06. The van der Waals surface area contributed by atoms with Gasteiger partial charge in [0.25, 0.3) is 0 Å². The second-order valence-corrected chi connectivity index (χ2v) is 5.23. The van der Waals surface area contributed by atoms with Crippen LogP contribution in [-0.2, 0) is 19.1 Å². The van der Waals surface area contributed by atoms with E-state index in [4.69, 9.17) is 9.47 Å². The number of hydrogen-bond donors (Lipinski definition) is 2. The van der Waals surface area contributed by atoms with Crippen LogP contribution in [0.3, 0.4) is 0 Å². The first-order valence-electron chi connectivity index (χ1n) is 6.81. The van der Waals surface area contributed by atoms with E-state index in [0.717, 1.165) is 12.8 Å². The van der Waals surface area contributed by atoms with Crippen LogP contribution in [0.2, 0.25) is 0 Å². The Labute approximate surface area is 111 Å². The van der Waals surface area contributed by atoms with Gasteiger partial charge in [0.1, 0.15) is 18.6 Å². The smallest absolute Gasteiger partial charge is 0.317 e. The molecule has 2 aliphatic carbocycles. The minimum Gasteiger partial charge on any atom is -0.459 e. The fourth-order valence-corrected chi connectivity index (χ4v) is 2.63. The Kier molecular flexibility index (Phi) is 4.76. The third kappa shape index (κ3) is 3.91. The van der Waals surface area contributed by atoms with Gasteiger partial charge >= 0.3 is 11.9 Å². The van der Waals surface area contributed by atoms with Crippen LogP contribution in [0.25, 0.3) is 0 Å². The van der Waals surface area contributed by atoms with E-state index in [1.165, 1.54) is 0 Å². The number of carbonyl (C=O) groups excluding carboxylic acids is 2. The van der Waals surface area contributed by atoms with Crippen LogP contribution in [0.1, 0.15) is 44.9 Å². The average Bonchev–Trinajstić information content (AvgIpc) is 2.90. The summed E-state index contributed by atoms with van der Waals surface area (Å²) >= 11 is 0. The fourth-order valence-electron chi connectivity index (χ4n) is 2.63. The lowest BCUT2D eigenvalue weighted by Crippen LogP contribution is -2.30. The highest BCUT2D eigenvalue weighted by atomic mass is 16.6. The maximum absolute atomic E-state index is 11.5. The summed E-state index contributed by atoms with van der Waals surface area (Å²) in [7, 11) is 0. The maximum Gasteiger partial charge on any atom is 0.317 e. The van der Waals surface area contributed by atoms with Gasteiger partial charge in [-0.2, -0.15) is 0 Å². The monoisotopic (exact) mass is 272 g/mol. The van der Waals surface area contributed by atoms with Crippen molar-refractivity contribution in [2.45, 2.75) is 69.4 Å². The number of rotatable bonds is 4. The Morgan fingerprint density at radius 1 is 0.842 bits per heavy atom. The van der Waals surface area contributed by atoms with E-state index in [0.29, 0.717) is 25.7 Å². The first kappa shape index (κ1) is 14.3. The number of esters is 2. The molecule has 0 bridgehead atoms. The van der Waals surface area contributed by atoms with Crippen LogP contribution in [0, 0.1) is 0 Å². The molecular formula is C13H20O6. The minimum atomic E-state index is -0.677. The van der Waals surface area contributed by atoms with Crippen molar-refractivity contribution in [2.75, 3.05) is 0 Å². The van der Waals surface area contributed by atoms with Crippen molar-refractivity contribution in [1.29, 1.82) is 0 Å². The molecule has 0 amide bonds. The molecule has 6 nitrogen and oxygen atoms in total. The van der Waals surface area contributed by atoms with Crippen LogP contribution in [0.15, 0.2) is 0 Å². The Bertz CT molecular complexity index is 310. The van der Waals surface area contributed by atoms with E-state index in [1.54, 1.807) is 0 Å². The third-order valence-corrected chi connectivity index (χ3v) is 3.69. The second kappa shape index (κ2) is 6.34. The Morgan fingerprint density at radius 3 is 1.58 bits per heavy atom. The highest BCUT2D eigenvalue weighted by Crippen LogP contribution is 2.24. The standard InChI is InChI=1S/C13H20O6/c14-8-3-1-5-10(8)18-12(16)7-13(17)19-11-6-2-4-9(11)15/h8-11,14-15H,1-7H2/t8-,9+,10+,11-. The summed E-state index contributed by atoms with van der Waals surface area (Å²) in [4.78, 5) is 23.0. The zero-order valence-corrected chi connectivity index (χ0v) is 10.8. The van der Waals surface area contributed by atoms with Gasteiger partial charge in [0.15, 0.2) is 0 Å². The fraction of sp³-hybridized carbons (Fsp3) is 0.846. The molecule has 0 aromatic carbocycles. The quantitative estimate of drug-likeness (QED) is 0.564. The Balaban J connectivity index is 1.71. The van der Waals surface area contributed by atoms with E-state index in [-0.39, 0.29) is 0 Å². The van der Waals surface area contributed by atoms with Gasteiger partial charge in [0.2, 0.25) is 0 Å². The largest absolute Gasteiger partial charge is 0.459 e. The SMILES string of the molecule is O=C(CC(=O)O[C@@H]1CCC[C@@H]1O)O[C@H]1CCC[C@H]1O. The molecular weight excluding hydrogens is 252 g/mol. The summed E-state index contributed by atoms with van der Waals surface area (Å²) in [6, 6.07) is 0. The van der Waals surface area contributed by atoms with Gasteiger partial charge in [-0.05, 0) is 38.5 Å². The second-order valence-electron chi connectivity index (χ2n) is 5.23. The van der Waals surface area contributed by atoms with Gasteiger partial charge in [-0.25, -0.2) is 0 Å². The average molecular weight is 272 g/mol. The summed E-state index contributed by atoms with van der Waals surface area (Å²) in [6.07, 6.45) is 1.41. The molecule has 0 aromatic rings. The van der Waals surface area contributed by atoms with Crippen LogP contribution in [0.4, 0.5) is 0 Å². The van der Waals surface area contributed by atoms with Gasteiger partial charge in [-0.15, -0.1) is 0 Å². The van der Waals surface area contributed by atoms with Gasteiger partial charge < -0.3 is 19.7 Å². The molecule has 0 heterocycles. The number of aliphatic hydroxyl groups excluding tert-OH is 2. The molecule has 2 aliphatic rings. The highest BCUT2D eigenvalue weighted by molar-refractivity contribution is 5.91. The molecule has 0 unspecified atom stereocenters. The molecule has 4 atom stereocenters. The summed E-state index contributed by atoms with van der Waals surface area (Å²) in [5, 5.41) is 19.0. The van der Waals surface area contributed by atoms with Gasteiger partial charge in [-0.1, -0.05) is 0 Å². The third-order valence-electron chi connectivity index (χ3n) is 3.69. The number of carbonyl (C=O) groups is 2. The molecule has 0 saturated heterocycles. The van der Waals surface area contributed by atoms with Crippen molar-refractivity contribution >= 4 is 11.9 Å². The molecule has 2 saturated carbocycles. The van der Waals surface area contributed by atoms with Crippen molar-refractivity contribution in [2.24, 2.45) is 0 Å². The topological polar surface area (TPSA) is 93.1 Å².